The van der Waals surface area contributed by atoms with Gasteiger partial charge < -0.3 is 9.84 Å². The third-order valence-electron chi connectivity index (χ3n) is 3.34. The minimum Gasteiger partial charge on any atom is -0.480 e. The minimum absolute atomic E-state index is 0.0301. The van der Waals surface area contributed by atoms with Crippen LogP contribution in [0.3, 0.4) is 0 Å². The second-order valence-electron chi connectivity index (χ2n) is 4.62. The van der Waals surface area contributed by atoms with Gasteiger partial charge >= 0.3 is 11.9 Å². The van der Waals surface area contributed by atoms with Crippen LogP contribution in [0.4, 0.5) is 0 Å². The number of hydrogen-bond donors (Lipinski definition) is 1. The molecule has 0 aromatic carbocycles. The zero-order valence-electron chi connectivity index (χ0n) is 10.5. The molecule has 0 aromatic heterocycles. The van der Waals surface area contributed by atoms with Crippen molar-refractivity contribution in [2.75, 3.05) is 19.7 Å². The van der Waals surface area contributed by atoms with E-state index in [1.165, 1.54) is 6.92 Å². The highest BCUT2D eigenvalue weighted by atomic mass is 16.5. The summed E-state index contributed by atoms with van der Waals surface area (Å²) < 4.78 is 5.01. The molecule has 2 unspecified atom stereocenters. The van der Waals surface area contributed by atoms with Crippen molar-refractivity contribution in [1.82, 2.24) is 4.90 Å². The van der Waals surface area contributed by atoms with Gasteiger partial charge in [0.25, 0.3) is 0 Å². The first-order valence-corrected chi connectivity index (χ1v) is 6.12. The Bertz CT molecular complexity index is 280. The van der Waals surface area contributed by atoms with Crippen LogP contribution < -0.4 is 0 Å². The van der Waals surface area contributed by atoms with Crippen molar-refractivity contribution in [3.05, 3.63) is 0 Å². The summed E-state index contributed by atoms with van der Waals surface area (Å²) in [5.74, 6) is -0.521. The highest BCUT2D eigenvalue weighted by molar-refractivity contribution is 5.69. The van der Waals surface area contributed by atoms with E-state index in [1.807, 2.05) is 4.90 Å². The molecule has 1 aliphatic heterocycles. The third kappa shape index (κ3) is 4.73. The Labute approximate surface area is 102 Å². The van der Waals surface area contributed by atoms with Crippen molar-refractivity contribution in [2.24, 2.45) is 5.92 Å². The smallest absolute Gasteiger partial charge is 0.317 e. The molecular formula is C12H21NO4. The van der Waals surface area contributed by atoms with Crippen LogP contribution in [-0.2, 0) is 14.3 Å². The standard InChI is InChI=1S/C12H21NO4/c1-3-10-4-5-13(7-12(15)16)11(6-10)8-17-9(2)14/h10-11H,3-8H2,1-2H3,(H,15,16). The monoisotopic (exact) mass is 243 g/mol. The van der Waals surface area contributed by atoms with Crippen LogP contribution in [0.25, 0.3) is 0 Å². The molecule has 1 heterocycles. The molecule has 0 saturated carbocycles. The number of likely N-dealkylation sites (tertiary alicyclic amines) is 1. The average molecular weight is 243 g/mol. The van der Waals surface area contributed by atoms with E-state index in [2.05, 4.69) is 6.92 Å². The van der Waals surface area contributed by atoms with Crippen LogP contribution in [0.2, 0.25) is 0 Å². The molecule has 0 amide bonds. The largest absolute Gasteiger partial charge is 0.480 e. The Hall–Kier alpha value is -1.10. The van der Waals surface area contributed by atoms with Crippen LogP contribution in [-0.4, -0.2) is 47.7 Å². The number of rotatable bonds is 5. The molecule has 2 atom stereocenters. The van der Waals surface area contributed by atoms with Crippen LogP contribution in [0.5, 0.6) is 0 Å². The fourth-order valence-electron chi connectivity index (χ4n) is 2.32. The van der Waals surface area contributed by atoms with Crippen molar-refractivity contribution in [3.63, 3.8) is 0 Å². The normalized spacial score (nSPS) is 25.5. The number of ether oxygens (including phenoxy) is 1. The van der Waals surface area contributed by atoms with Crippen molar-refractivity contribution in [2.45, 2.75) is 39.2 Å². The number of hydrogen-bond acceptors (Lipinski definition) is 4. The maximum Gasteiger partial charge on any atom is 0.317 e. The highest BCUT2D eigenvalue weighted by Crippen LogP contribution is 2.25. The highest BCUT2D eigenvalue weighted by Gasteiger charge is 2.29. The molecule has 0 spiro atoms. The fraction of sp³-hybridized carbons (Fsp3) is 0.833. The third-order valence-corrected chi connectivity index (χ3v) is 3.34. The number of carboxylic acids is 1. The number of carbonyl (C=O) groups excluding carboxylic acids is 1. The lowest BCUT2D eigenvalue weighted by molar-refractivity contribution is -0.145. The van der Waals surface area contributed by atoms with E-state index >= 15 is 0 Å². The zero-order chi connectivity index (χ0) is 12.8. The Kier molecular flexibility index (Phi) is 5.41. The fourth-order valence-corrected chi connectivity index (χ4v) is 2.32. The molecule has 98 valence electrons. The minimum atomic E-state index is -0.826. The Balaban J connectivity index is 2.54. The molecule has 0 aromatic rings. The second-order valence-corrected chi connectivity index (χ2v) is 4.62. The summed E-state index contributed by atoms with van der Waals surface area (Å²) in [6, 6.07) is 0.0497. The molecule has 0 bridgehead atoms. The van der Waals surface area contributed by atoms with E-state index in [-0.39, 0.29) is 18.6 Å². The van der Waals surface area contributed by atoms with Crippen LogP contribution in [0, 0.1) is 5.92 Å². The predicted octanol–water partition coefficient (Wildman–Crippen LogP) is 1.12. The molecule has 1 N–H and O–H groups in total. The van der Waals surface area contributed by atoms with E-state index < -0.39 is 5.97 Å². The summed E-state index contributed by atoms with van der Waals surface area (Å²) in [5.41, 5.74) is 0. The van der Waals surface area contributed by atoms with Gasteiger partial charge in [0.1, 0.15) is 6.61 Å². The SMILES string of the molecule is CCC1CCN(CC(=O)O)C(COC(C)=O)C1. The molecule has 1 aliphatic rings. The second kappa shape index (κ2) is 6.59. The molecule has 5 heteroatoms. The van der Waals surface area contributed by atoms with Gasteiger partial charge in [-0.25, -0.2) is 0 Å². The number of carboxylic acid groups (broad SMARTS) is 1. The number of esters is 1. The molecule has 0 aliphatic carbocycles. The predicted molar refractivity (Wildman–Crippen MR) is 62.6 cm³/mol. The van der Waals surface area contributed by atoms with E-state index in [4.69, 9.17) is 9.84 Å². The van der Waals surface area contributed by atoms with Gasteiger partial charge in [0.2, 0.25) is 0 Å². The van der Waals surface area contributed by atoms with E-state index in [1.54, 1.807) is 0 Å². The first kappa shape index (κ1) is 14.0. The quantitative estimate of drug-likeness (QED) is 0.733. The molecule has 17 heavy (non-hydrogen) atoms. The molecule has 1 rings (SSSR count). The van der Waals surface area contributed by atoms with Gasteiger partial charge in [0.15, 0.2) is 0 Å². The summed E-state index contributed by atoms with van der Waals surface area (Å²) >= 11 is 0. The van der Waals surface area contributed by atoms with Crippen molar-refractivity contribution >= 4 is 11.9 Å². The van der Waals surface area contributed by atoms with E-state index in [0.29, 0.717) is 12.5 Å². The summed E-state index contributed by atoms with van der Waals surface area (Å²) in [6.45, 7) is 4.63. The van der Waals surface area contributed by atoms with E-state index in [0.717, 1.165) is 25.8 Å². The van der Waals surface area contributed by atoms with Crippen molar-refractivity contribution in [1.29, 1.82) is 0 Å². The lowest BCUT2D eigenvalue weighted by Crippen LogP contribution is -2.47. The van der Waals surface area contributed by atoms with Gasteiger partial charge in [-0.15, -0.1) is 0 Å². The van der Waals surface area contributed by atoms with Gasteiger partial charge in [-0.1, -0.05) is 13.3 Å². The van der Waals surface area contributed by atoms with Crippen LogP contribution in [0.15, 0.2) is 0 Å². The van der Waals surface area contributed by atoms with Crippen molar-refractivity contribution < 1.29 is 19.4 Å². The summed E-state index contributed by atoms with van der Waals surface area (Å²) in [7, 11) is 0. The van der Waals surface area contributed by atoms with E-state index in [9.17, 15) is 9.59 Å². The topological polar surface area (TPSA) is 66.8 Å². The number of carbonyl (C=O) groups is 2. The van der Waals surface area contributed by atoms with Crippen LogP contribution >= 0.6 is 0 Å². The van der Waals surface area contributed by atoms with Gasteiger partial charge in [0.05, 0.1) is 6.54 Å². The summed E-state index contributed by atoms with van der Waals surface area (Å²) in [5, 5.41) is 8.83. The van der Waals surface area contributed by atoms with Gasteiger partial charge in [-0.2, -0.15) is 0 Å². The summed E-state index contributed by atoms with van der Waals surface area (Å²) in [4.78, 5) is 23.5. The van der Waals surface area contributed by atoms with Crippen molar-refractivity contribution in [3.8, 4) is 0 Å². The Morgan fingerprint density at radius 3 is 2.71 bits per heavy atom. The lowest BCUT2D eigenvalue weighted by atomic mass is 9.89. The number of aliphatic carboxylic acids is 1. The average Bonchev–Trinajstić information content (AvgIpc) is 2.27. The van der Waals surface area contributed by atoms with Gasteiger partial charge in [-0.3, -0.25) is 14.5 Å². The summed E-state index contributed by atoms with van der Waals surface area (Å²) in [6.07, 6.45) is 3.04. The Morgan fingerprint density at radius 1 is 1.47 bits per heavy atom. The van der Waals surface area contributed by atoms with Gasteiger partial charge in [0, 0.05) is 13.0 Å². The molecule has 1 fully saturated rings. The molecule has 0 radical (unpaired) electrons. The maximum atomic E-state index is 10.8. The first-order valence-electron chi connectivity index (χ1n) is 6.12. The van der Waals surface area contributed by atoms with Gasteiger partial charge in [-0.05, 0) is 25.3 Å². The Morgan fingerprint density at radius 2 is 2.18 bits per heavy atom. The number of piperidine rings is 1. The van der Waals surface area contributed by atoms with Crippen LogP contribution in [0.1, 0.15) is 33.1 Å². The molecular weight excluding hydrogens is 222 g/mol. The first-order chi connectivity index (χ1) is 8.02. The molecule has 5 nitrogen and oxygen atoms in total. The number of nitrogens with zero attached hydrogens (tertiary/aromatic N) is 1. The zero-order valence-corrected chi connectivity index (χ0v) is 10.5. The maximum absolute atomic E-state index is 10.8. The molecule has 1 saturated heterocycles. The lowest BCUT2D eigenvalue weighted by Gasteiger charge is -2.37.